The molecule has 0 bridgehead atoms. The van der Waals surface area contributed by atoms with E-state index in [0.29, 0.717) is 17.8 Å². The Kier molecular flexibility index (Phi) is 2.66. The molecule has 0 aliphatic carbocycles. The third-order valence-electron chi connectivity index (χ3n) is 2.25. The van der Waals surface area contributed by atoms with Gasteiger partial charge in [0.2, 0.25) is 0 Å². The highest BCUT2D eigenvalue weighted by Crippen LogP contribution is 2.18. The van der Waals surface area contributed by atoms with Gasteiger partial charge in [0, 0.05) is 18.3 Å². The topological polar surface area (TPSA) is 73.2 Å². The van der Waals surface area contributed by atoms with E-state index < -0.39 is 0 Å². The van der Waals surface area contributed by atoms with Gasteiger partial charge in [-0.05, 0) is 31.3 Å². The van der Waals surface area contributed by atoms with Gasteiger partial charge in [-0.2, -0.15) is 0 Å². The fraction of sp³-hybridized carbons (Fsp3) is 0.200. The average Bonchev–Trinajstić information content (AvgIpc) is 2.51. The molecule has 0 unspecified atom stereocenters. The molecule has 0 aliphatic heterocycles. The first kappa shape index (κ1) is 10.7. The van der Waals surface area contributed by atoms with E-state index in [4.69, 9.17) is 22.4 Å². The number of nitrogens with zero attached hydrogens (tertiary/aromatic N) is 1. The van der Waals surface area contributed by atoms with Gasteiger partial charge in [0.25, 0.3) is 0 Å². The van der Waals surface area contributed by atoms with Gasteiger partial charge in [0.15, 0.2) is 10.7 Å². The Balaban J connectivity index is 2.56. The van der Waals surface area contributed by atoms with E-state index in [1.54, 1.807) is 22.8 Å². The van der Waals surface area contributed by atoms with Crippen LogP contribution in [0.2, 0.25) is 0 Å². The van der Waals surface area contributed by atoms with E-state index in [9.17, 15) is 4.79 Å². The fourth-order valence-electron chi connectivity index (χ4n) is 1.59. The van der Waals surface area contributed by atoms with Gasteiger partial charge < -0.3 is 15.5 Å². The summed E-state index contributed by atoms with van der Waals surface area (Å²) in [5, 5.41) is 2.96. The van der Waals surface area contributed by atoms with Gasteiger partial charge in [-0.1, -0.05) is 0 Å². The minimum Gasteiger partial charge on any atom is -0.408 e. The van der Waals surface area contributed by atoms with Crippen LogP contribution in [-0.2, 0) is 6.54 Å². The third kappa shape index (κ3) is 1.79. The Bertz CT molecular complexity index is 600. The normalized spacial score (nSPS) is 10.6. The van der Waals surface area contributed by atoms with Crippen LogP contribution in [0.1, 0.15) is 6.92 Å². The number of hydrogen-bond acceptors (Lipinski definition) is 3. The lowest BCUT2D eigenvalue weighted by Crippen LogP contribution is -2.18. The standard InChI is InChI=1S/C10H11N3O2S/c1-2-13-7-4-3-6(12-9(11)16)5-8(7)15-10(13)14/h3-5H,2H2,1H3,(H3,11,12,16). The highest BCUT2D eigenvalue weighted by molar-refractivity contribution is 7.80. The molecule has 5 nitrogen and oxygen atoms in total. The Morgan fingerprint density at radius 1 is 1.62 bits per heavy atom. The zero-order valence-electron chi connectivity index (χ0n) is 8.69. The molecule has 0 atom stereocenters. The SMILES string of the molecule is CCn1c(=O)oc2cc(NC(N)=S)ccc21. The lowest BCUT2D eigenvalue weighted by Gasteiger charge is -2.02. The number of nitrogens with two attached hydrogens (primary N) is 1. The van der Waals surface area contributed by atoms with Crippen LogP contribution >= 0.6 is 12.2 Å². The second-order valence-corrected chi connectivity index (χ2v) is 3.72. The summed E-state index contributed by atoms with van der Waals surface area (Å²) in [4.78, 5) is 11.4. The van der Waals surface area contributed by atoms with Crippen molar-refractivity contribution in [3.05, 3.63) is 28.7 Å². The van der Waals surface area contributed by atoms with Gasteiger partial charge in [0.05, 0.1) is 5.52 Å². The minimum atomic E-state index is -0.357. The monoisotopic (exact) mass is 237 g/mol. The molecule has 2 rings (SSSR count). The van der Waals surface area contributed by atoms with E-state index in [-0.39, 0.29) is 10.9 Å². The maximum atomic E-state index is 11.4. The van der Waals surface area contributed by atoms with Gasteiger partial charge in [-0.25, -0.2) is 4.79 Å². The number of oxazole rings is 1. The van der Waals surface area contributed by atoms with Crippen molar-refractivity contribution in [2.45, 2.75) is 13.5 Å². The van der Waals surface area contributed by atoms with Crippen molar-refractivity contribution in [1.29, 1.82) is 0 Å². The molecule has 1 aromatic heterocycles. The van der Waals surface area contributed by atoms with Gasteiger partial charge >= 0.3 is 5.76 Å². The maximum absolute atomic E-state index is 11.4. The highest BCUT2D eigenvalue weighted by atomic mass is 32.1. The van der Waals surface area contributed by atoms with Crippen LogP contribution in [0.4, 0.5) is 5.69 Å². The van der Waals surface area contributed by atoms with Crippen molar-refractivity contribution in [3.63, 3.8) is 0 Å². The number of rotatable bonds is 2. The Morgan fingerprint density at radius 2 is 2.38 bits per heavy atom. The lowest BCUT2D eigenvalue weighted by molar-refractivity contribution is 0.513. The first-order valence-electron chi connectivity index (χ1n) is 4.81. The first-order valence-corrected chi connectivity index (χ1v) is 5.22. The molecule has 0 amide bonds. The Labute approximate surface area is 96.8 Å². The van der Waals surface area contributed by atoms with Crippen LogP contribution in [0, 0.1) is 0 Å². The van der Waals surface area contributed by atoms with Crippen molar-refractivity contribution in [1.82, 2.24) is 4.57 Å². The number of anilines is 1. The summed E-state index contributed by atoms with van der Waals surface area (Å²) in [5.74, 6) is -0.357. The molecule has 0 spiro atoms. The third-order valence-corrected chi connectivity index (χ3v) is 2.35. The van der Waals surface area contributed by atoms with Crippen LogP contribution < -0.4 is 16.8 Å². The molecule has 0 aliphatic rings. The number of fused-ring (bicyclic) bond motifs is 1. The molecule has 2 aromatic rings. The number of benzene rings is 1. The van der Waals surface area contributed by atoms with Crippen molar-refractivity contribution < 1.29 is 4.42 Å². The maximum Gasteiger partial charge on any atom is 0.419 e. The second-order valence-electron chi connectivity index (χ2n) is 3.28. The van der Waals surface area contributed by atoms with Crippen LogP contribution in [0.25, 0.3) is 11.1 Å². The molecule has 0 saturated heterocycles. The van der Waals surface area contributed by atoms with Crippen molar-refractivity contribution in [2.24, 2.45) is 5.73 Å². The molecule has 0 saturated carbocycles. The predicted octanol–water partition coefficient (Wildman–Crippen LogP) is 1.27. The second kappa shape index (κ2) is 3.97. The number of aromatic nitrogens is 1. The Hall–Kier alpha value is -1.82. The molecule has 0 radical (unpaired) electrons. The zero-order valence-corrected chi connectivity index (χ0v) is 9.50. The molecule has 16 heavy (non-hydrogen) atoms. The van der Waals surface area contributed by atoms with Gasteiger partial charge in [0.1, 0.15) is 0 Å². The quantitative estimate of drug-likeness (QED) is 0.769. The van der Waals surface area contributed by atoms with Gasteiger partial charge in [-0.15, -0.1) is 0 Å². The first-order chi connectivity index (χ1) is 7.61. The summed E-state index contributed by atoms with van der Waals surface area (Å²) in [7, 11) is 0. The molecule has 1 aromatic carbocycles. The summed E-state index contributed by atoms with van der Waals surface area (Å²) in [6.45, 7) is 2.46. The molecule has 3 N–H and O–H groups in total. The molecular weight excluding hydrogens is 226 g/mol. The zero-order chi connectivity index (χ0) is 11.7. The highest BCUT2D eigenvalue weighted by Gasteiger charge is 2.07. The predicted molar refractivity (Wildman–Crippen MR) is 66.6 cm³/mol. The molecule has 6 heteroatoms. The lowest BCUT2D eigenvalue weighted by atomic mass is 10.3. The van der Waals surface area contributed by atoms with E-state index in [1.807, 2.05) is 6.92 Å². The molecule has 0 fully saturated rings. The number of nitrogens with one attached hydrogen (secondary N) is 1. The van der Waals surface area contributed by atoms with Crippen molar-refractivity contribution in [3.8, 4) is 0 Å². The average molecular weight is 237 g/mol. The summed E-state index contributed by atoms with van der Waals surface area (Å²) < 4.78 is 6.65. The van der Waals surface area contributed by atoms with E-state index >= 15 is 0 Å². The largest absolute Gasteiger partial charge is 0.419 e. The molecule has 84 valence electrons. The summed E-state index contributed by atoms with van der Waals surface area (Å²) >= 11 is 4.72. The van der Waals surface area contributed by atoms with Crippen LogP contribution in [0.3, 0.4) is 0 Å². The van der Waals surface area contributed by atoms with Crippen LogP contribution in [0.15, 0.2) is 27.4 Å². The number of thiocarbonyl (C=S) groups is 1. The van der Waals surface area contributed by atoms with Crippen molar-refractivity contribution >= 4 is 34.1 Å². The fourth-order valence-corrected chi connectivity index (χ4v) is 1.70. The van der Waals surface area contributed by atoms with Crippen LogP contribution in [0.5, 0.6) is 0 Å². The van der Waals surface area contributed by atoms with Crippen LogP contribution in [-0.4, -0.2) is 9.68 Å². The van der Waals surface area contributed by atoms with E-state index in [0.717, 1.165) is 5.52 Å². The summed E-state index contributed by atoms with van der Waals surface area (Å²) in [5.41, 5.74) is 7.34. The van der Waals surface area contributed by atoms with E-state index in [2.05, 4.69) is 5.32 Å². The van der Waals surface area contributed by atoms with Crippen molar-refractivity contribution in [2.75, 3.05) is 5.32 Å². The van der Waals surface area contributed by atoms with Gasteiger partial charge in [-0.3, -0.25) is 4.57 Å². The summed E-state index contributed by atoms with van der Waals surface area (Å²) in [6.07, 6.45) is 0. The smallest absolute Gasteiger partial charge is 0.408 e. The Morgan fingerprint density at radius 3 is 3.00 bits per heavy atom. The number of aryl methyl sites for hydroxylation is 1. The molecular formula is C10H11N3O2S. The molecule has 1 heterocycles. The number of hydrogen-bond donors (Lipinski definition) is 2. The minimum absolute atomic E-state index is 0.177. The summed E-state index contributed by atoms with van der Waals surface area (Å²) in [6, 6.07) is 5.29. The van der Waals surface area contributed by atoms with E-state index in [1.165, 1.54) is 0 Å².